The lowest BCUT2D eigenvalue weighted by Crippen LogP contribution is -2.41. The van der Waals surface area contributed by atoms with Crippen LogP contribution in [0.25, 0.3) is 0 Å². The van der Waals surface area contributed by atoms with Crippen molar-refractivity contribution in [2.24, 2.45) is 4.99 Å². The molecule has 156 valence electrons. The third-order valence-corrected chi connectivity index (χ3v) is 4.68. The zero-order chi connectivity index (χ0) is 20.2. The van der Waals surface area contributed by atoms with Gasteiger partial charge in [0.25, 0.3) is 0 Å². The van der Waals surface area contributed by atoms with Crippen molar-refractivity contribution in [1.29, 1.82) is 0 Å². The summed E-state index contributed by atoms with van der Waals surface area (Å²) in [7, 11) is 5.17. The van der Waals surface area contributed by atoms with Gasteiger partial charge in [0, 0.05) is 52.0 Å². The number of rotatable bonds is 9. The molecular formula is C21H34N4O3. The number of carbonyl (C=O) groups is 1. The molecule has 7 heteroatoms. The number of ether oxygens (including phenoxy) is 2. The number of benzene rings is 1. The van der Waals surface area contributed by atoms with Gasteiger partial charge >= 0.3 is 0 Å². The van der Waals surface area contributed by atoms with Gasteiger partial charge in [0.15, 0.2) is 5.96 Å². The average Bonchev–Trinajstić information content (AvgIpc) is 2.70. The van der Waals surface area contributed by atoms with Crippen molar-refractivity contribution in [2.75, 3.05) is 46.3 Å². The maximum absolute atomic E-state index is 12.0. The number of hydrogen-bond donors (Lipinski definition) is 2. The molecule has 0 aromatic heterocycles. The van der Waals surface area contributed by atoms with Crippen LogP contribution in [0.15, 0.2) is 29.3 Å². The van der Waals surface area contributed by atoms with E-state index in [2.05, 4.69) is 15.6 Å². The number of methoxy groups -OCH3 is 1. The maximum atomic E-state index is 12.0. The molecule has 0 spiro atoms. The second-order valence-electron chi connectivity index (χ2n) is 7.28. The van der Waals surface area contributed by atoms with E-state index in [1.807, 2.05) is 24.3 Å². The summed E-state index contributed by atoms with van der Waals surface area (Å²) in [6, 6.07) is 8.17. The largest absolute Gasteiger partial charge is 0.493 e. The number of amides is 1. The molecule has 0 unspecified atom stereocenters. The van der Waals surface area contributed by atoms with Crippen LogP contribution < -0.4 is 15.4 Å². The molecule has 0 radical (unpaired) electrons. The zero-order valence-electron chi connectivity index (χ0n) is 17.4. The molecular weight excluding hydrogens is 356 g/mol. The highest BCUT2D eigenvalue weighted by molar-refractivity contribution is 5.95. The van der Waals surface area contributed by atoms with E-state index in [0.29, 0.717) is 25.2 Å². The highest BCUT2D eigenvalue weighted by atomic mass is 16.5. The summed E-state index contributed by atoms with van der Waals surface area (Å²) >= 11 is 0. The number of carbonyl (C=O) groups excluding carboxylic acids is 1. The molecule has 2 rings (SSSR count). The Balaban J connectivity index is 2.01. The number of anilines is 1. The first-order valence-electron chi connectivity index (χ1n) is 10.1. The minimum absolute atomic E-state index is 0.0278. The highest BCUT2D eigenvalue weighted by Gasteiger charge is 2.15. The fourth-order valence-electron chi connectivity index (χ4n) is 3.04. The molecule has 1 aromatic rings. The first kappa shape index (κ1) is 22.0. The first-order valence-corrected chi connectivity index (χ1v) is 10.1. The molecule has 0 atom stereocenters. The van der Waals surface area contributed by atoms with E-state index in [1.54, 1.807) is 26.1 Å². The predicted molar refractivity (Wildman–Crippen MR) is 113 cm³/mol. The Hall–Kier alpha value is -2.28. The van der Waals surface area contributed by atoms with Gasteiger partial charge in [0.2, 0.25) is 5.91 Å². The summed E-state index contributed by atoms with van der Waals surface area (Å²) in [6.45, 7) is 1.40. The van der Waals surface area contributed by atoms with E-state index in [1.165, 1.54) is 19.3 Å². The van der Waals surface area contributed by atoms with E-state index in [-0.39, 0.29) is 12.5 Å². The SMILES string of the molecule is COCCCOc1cccc(NC(=NCC(=O)N(C)C)NC2CCCCC2)c1. The molecule has 28 heavy (non-hydrogen) atoms. The fourth-order valence-corrected chi connectivity index (χ4v) is 3.04. The Morgan fingerprint density at radius 2 is 2.00 bits per heavy atom. The van der Waals surface area contributed by atoms with Gasteiger partial charge in [-0.05, 0) is 25.0 Å². The van der Waals surface area contributed by atoms with Gasteiger partial charge in [-0.1, -0.05) is 25.3 Å². The van der Waals surface area contributed by atoms with E-state index < -0.39 is 0 Å². The minimum Gasteiger partial charge on any atom is -0.493 e. The van der Waals surface area contributed by atoms with Crippen LogP contribution in [0.1, 0.15) is 38.5 Å². The van der Waals surface area contributed by atoms with Crippen LogP contribution in [0, 0.1) is 0 Å². The van der Waals surface area contributed by atoms with E-state index in [0.717, 1.165) is 30.7 Å². The van der Waals surface area contributed by atoms with Gasteiger partial charge in [-0.3, -0.25) is 4.79 Å². The molecule has 1 fully saturated rings. The van der Waals surface area contributed by atoms with Crippen LogP contribution in [0.5, 0.6) is 5.75 Å². The molecule has 1 aliphatic carbocycles. The third kappa shape index (κ3) is 8.17. The summed E-state index contributed by atoms with van der Waals surface area (Å²) in [5.74, 6) is 1.40. The summed E-state index contributed by atoms with van der Waals surface area (Å²) in [5, 5.41) is 6.81. The lowest BCUT2D eigenvalue weighted by molar-refractivity contribution is -0.127. The molecule has 0 heterocycles. The normalized spacial score (nSPS) is 15.2. The van der Waals surface area contributed by atoms with Crippen LogP contribution in [-0.2, 0) is 9.53 Å². The monoisotopic (exact) mass is 390 g/mol. The molecule has 1 aliphatic rings. The number of hydrogen-bond acceptors (Lipinski definition) is 4. The Morgan fingerprint density at radius 3 is 2.71 bits per heavy atom. The molecule has 7 nitrogen and oxygen atoms in total. The van der Waals surface area contributed by atoms with Crippen molar-refractivity contribution in [3.63, 3.8) is 0 Å². The lowest BCUT2D eigenvalue weighted by atomic mass is 9.96. The minimum atomic E-state index is -0.0278. The fraction of sp³-hybridized carbons (Fsp3) is 0.619. The van der Waals surface area contributed by atoms with E-state index >= 15 is 0 Å². The highest BCUT2D eigenvalue weighted by Crippen LogP contribution is 2.19. The number of aliphatic imine (C=N–C) groups is 1. The standard InChI is InChI=1S/C21H34N4O3/c1-25(2)20(26)16-22-21(23-17-9-5-4-6-10-17)24-18-11-7-12-19(15-18)28-14-8-13-27-3/h7,11-12,15,17H,4-6,8-10,13-14,16H2,1-3H3,(H2,22,23,24). The second kappa shape index (κ2) is 12.2. The van der Waals surface area contributed by atoms with Crippen LogP contribution in [0.3, 0.4) is 0 Å². The summed E-state index contributed by atoms with van der Waals surface area (Å²) in [6.07, 6.45) is 6.85. The summed E-state index contributed by atoms with van der Waals surface area (Å²) < 4.78 is 10.8. The van der Waals surface area contributed by atoms with Crippen molar-refractivity contribution in [2.45, 2.75) is 44.6 Å². The Bertz CT molecular complexity index is 628. The molecule has 1 amide bonds. The number of nitrogens with one attached hydrogen (secondary N) is 2. The summed E-state index contributed by atoms with van der Waals surface area (Å²) in [5.41, 5.74) is 0.878. The zero-order valence-corrected chi connectivity index (χ0v) is 17.4. The van der Waals surface area contributed by atoms with Crippen LogP contribution >= 0.6 is 0 Å². The average molecular weight is 391 g/mol. The number of likely N-dealkylation sites (N-methyl/N-ethyl adjacent to an activating group) is 1. The molecule has 2 N–H and O–H groups in total. The second-order valence-corrected chi connectivity index (χ2v) is 7.28. The first-order chi connectivity index (χ1) is 13.6. The van der Waals surface area contributed by atoms with Gasteiger partial charge in [-0.25, -0.2) is 4.99 Å². The molecule has 0 saturated heterocycles. The lowest BCUT2D eigenvalue weighted by Gasteiger charge is -2.25. The van der Waals surface area contributed by atoms with Crippen molar-refractivity contribution in [3.8, 4) is 5.75 Å². The third-order valence-electron chi connectivity index (χ3n) is 4.68. The molecule has 1 aromatic carbocycles. The van der Waals surface area contributed by atoms with E-state index in [9.17, 15) is 4.79 Å². The molecule has 0 bridgehead atoms. The van der Waals surface area contributed by atoms with Gasteiger partial charge < -0.3 is 25.0 Å². The van der Waals surface area contributed by atoms with Crippen LogP contribution in [0.2, 0.25) is 0 Å². The van der Waals surface area contributed by atoms with Gasteiger partial charge in [-0.15, -0.1) is 0 Å². The van der Waals surface area contributed by atoms with Crippen molar-refractivity contribution >= 4 is 17.6 Å². The van der Waals surface area contributed by atoms with Crippen LogP contribution in [-0.4, -0.2) is 63.8 Å². The predicted octanol–water partition coefficient (Wildman–Crippen LogP) is 2.88. The Morgan fingerprint density at radius 1 is 1.21 bits per heavy atom. The smallest absolute Gasteiger partial charge is 0.243 e. The van der Waals surface area contributed by atoms with Crippen molar-refractivity contribution in [1.82, 2.24) is 10.2 Å². The topological polar surface area (TPSA) is 75.2 Å². The van der Waals surface area contributed by atoms with Crippen molar-refractivity contribution in [3.05, 3.63) is 24.3 Å². The Labute approximate surface area is 168 Å². The van der Waals surface area contributed by atoms with Gasteiger partial charge in [0.1, 0.15) is 12.3 Å². The van der Waals surface area contributed by atoms with Crippen molar-refractivity contribution < 1.29 is 14.3 Å². The molecule has 1 saturated carbocycles. The number of guanidine groups is 1. The molecule has 0 aliphatic heterocycles. The van der Waals surface area contributed by atoms with Gasteiger partial charge in [-0.2, -0.15) is 0 Å². The summed E-state index contributed by atoms with van der Waals surface area (Å²) in [4.78, 5) is 18.0. The number of nitrogens with zero attached hydrogens (tertiary/aromatic N) is 2. The van der Waals surface area contributed by atoms with Gasteiger partial charge in [0.05, 0.1) is 6.61 Å². The Kier molecular flexibility index (Phi) is 9.62. The van der Waals surface area contributed by atoms with Crippen LogP contribution in [0.4, 0.5) is 5.69 Å². The maximum Gasteiger partial charge on any atom is 0.243 e. The van der Waals surface area contributed by atoms with E-state index in [4.69, 9.17) is 9.47 Å². The quantitative estimate of drug-likeness (QED) is 0.385.